The second-order valence-corrected chi connectivity index (χ2v) is 6.06. The van der Waals surface area contributed by atoms with Gasteiger partial charge in [-0.15, -0.1) is 0 Å². The Morgan fingerprint density at radius 2 is 1.71 bits per heavy atom. The predicted molar refractivity (Wildman–Crippen MR) is 91.3 cm³/mol. The molecule has 0 saturated carbocycles. The van der Waals surface area contributed by atoms with Crippen LogP contribution in [0.1, 0.15) is 12.5 Å². The topological polar surface area (TPSA) is 21.3 Å². The van der Waals surface area contributed by atoms with Gasteiger partial charge in [-0.3, -0.25) is 0 Å². The first kappa shape index (κ1) is 16.3. The number of hydrogen-bond acceptors (Lipinski definition) is 2. The number of methoxy groups -OCH3 is 1. The maximum absolute atomic E-state index is 6.18. The first-order valence-electron chi connectivity index (χ1n) is 6.54. The second-order valence-electron chi connectivity index (χ2n) is 4.81. The number of benzene rings is 2. The highest BCUT2D eigenvalue weighted by atomic mass is 35.5. The molecule has 0 bridgehead atoms. The number of ether oxygens (including phenoxy) is 1. The highest BCUT2D eigenvalue weighted by Crippen LogP contribution is 2.34. The van der Waals surface area contributed by atoms with Gasteiger partial charge in [0.05, 0.1) is 22.8 Å². The molecule has 0 radical (unpaired) electrons. The third-order valence-electron chi connectivity index (χ3n) is 3.12. The molecule has 2 nitrogen and oxygen atoms in total. The number of anilines is 1. The lowest BCUT2D eigenvalue weighted by atomic mass is 10.1. The van der Waals surface area contributed by atoms with E-state index < -0.39 is 0 Å². The Kier molecular flexibility index (Phi) is 5.63. The van der Waals surface area contributed by atoms with Gasteiger partial charge in [0.25, 0.3) is 0 Å². The van der Waals surface area contributed by atoms with Crippen LogP contribution < -0.4 is 10.1 Å². The summed E-state index contributed by atoms with van der Waals surface area (Å²) in [6.07, 6.45) is 0.791. The average Bonchev–Trinajstić information content (AvgIpc) is 2.43. The van der Waals surface area contributed by atoms with E-state index in [-0.39, 0.29) is 6.04 Å². The van der Waals surface area contributed by atoms with E-state index in [2.05, 4.69) is 12.2 Å². The van der Waals surface area contributed by atoms with Crippen molar-refractivity contribution in [2.24, 2.45) is 0 Å². The SMILES string of the molecule is COc1ccccc1CC(C)Nc1c(Cl)cc(Cl)cc1Cl. The summed E-state index contributed by atoms with van der Waals surface area (Å²) in [7, 11) is 1.67. The van der Waals surface area contributed by atoms with Crippen LogP contribution in [0.5, 0.6) is 5.75 Å². The van der Waals surface area contributed by atoms with Crippen molar-refractivity contribution < 1.29 is 4.74 Å². The molecular weight excluding hydrogens is 329 g/mol. The molecule has 0 aliphatic carbocycles. The van der Waals surface area contributed by atoms with E-state index in [1.165, 1.54) is 0 Å². The molecule has 5 heteroatoms. The predicted octanol–water partition coefficient (Wildman–Crippen LogP) is 5.70. The Morgan fingerprint density at radius 3 is 2.33 bits per heavy atom. The van der Waals surface area contributed by atoms with E-state index in [0.717, 1.165) is 17.7 Å². The van der Waals surface area contributed by atoms with Crippen molar-refractivity contribution in [3.63, 3.8) is 0 Å². The molecule has 1 N–H and O–H groups in total. The van der Waals surface area contributed by atoms with E-state index in [4.69, 9.17) is 39.5 Å². The number of halogens is 3. The zero-order valence-electron chi connectivity index (χ0n) is 11.8. The molecule has 0 aliphatic heterocycles. The Labute approximate surface area is 140 Å². The van der Waals surface area contributed by atoms with Crippen LogP contribution in [-0.4, -0.2) is 13.2 Å². The standard InChI is InChI=1S/C16H16Cl3NO/c1-10(7-11-5-3-4-6-15(11)21-2)20-16-13(18)8-12(17)9-14(16)19/h3-6,8-10,20H,7H2,1-2H3. The first-order chi connectivity index (χ1) is 10.0. The zero-order chi connectivity index (χ0) is 15.4. The summed E-state index contributed by atoms with van der Waals surface area (Å²) in [5.41, 5.74) is 1.83. The molecule has 1 atom stereocenters. The fourth-order valence-electron chi connectivity index (χ4n) is 2.18. The van der Waals surface area contributed by atoms with Crippen molar-refractivity contribution in [3.05, 3.63) is 57.0 Å². The molecule has 0 aliphatic rings. The lowest BCUT2D eigenvalue weighted by Gasteiger charge is -2.19. The van der Waals surface area contributed by atoms with E-state index in [1.807, 2.05) is 24.3 Å². The van der Waals surface area contributed by atoms with Crippen LogP contribution in [0.4, 0.5) is 5.69 Å². The minimum absolute atomic E-state index is 0.137. The molecule has 0 aromatic heterocycles. The van der Waals surface area contributed by atoms with E-state index in [0.29, 0.717) is 20.8 Å². The van der Waals surface area contributed by atoms with Gasteiger partial charge in [-0.2, -0.15) is 0 Å². The molecule has 0 saturated heterocycles. The van der Waals surface area contributed by atoms with Crippen LogP contribution in [-0.2, 0) is 6.42 Å². The van der Waals surface area contributed by atoms with Crippen molar-refractivity contribution in [1.82, 2.24) is 0 Å². The second kappa shape index (κ2) is 7.26. The zero-order valence-corrected chi connectivity index (χ0v) is 14.1. The van der Waals surface area contributed by atoms with Gasteiger partial charge < -0.3 is 10.1 Å². The Morgan fingerprint density at radius 1 is 1.10 bits per heavy atom. The monoisotopic (exact) mass is 343 g/mol. The molecule has 2 aromatic carbocycles. The molecule has 0 amide bonds. The first-order valence-corrected chi connectivity index (χ1v) is 7.67. The van der Waals surface area contributed by atoms with Gasteiger partial charge in [0.15, 0.2) is 0 Å². The minimum atomic E-state index is 0.137. The van der Waals surface area contributed by atoms with Crippen LogP contribution in [0, 0.1) is 0 Å². The highest BCUT2D eigenvalue weighted by molar-refractivity contribution is 6.41. The van der Waals surface area contributed by atoms with Gasteiger partial charge >= 0.3 is 0 Å². The largest absolute Gasteiger partial charge is 0.496 e. The van der Waals surface area contributed by atoms with Crippen LogP contribution >= 0.6 is 34.8 Å². The van der Waals surface area contributed by atoms with E-state index in [1.54, 1.807) is 19.2 Å². The van der Waals surface area contributed by atoms with Crippen molar-refractivity contribution in [3.8, 4) is 5.75 Å². The van der Waals surface area contributed by atoms with Gasteiger partial charge in [-0.1, -0.05) is 53.0 Å². The maximum atomic E-state index is 6.18. The quantitative estimate of drug-likeness (QED) is 0.751. The molecule has 21 heavy (non-hydrogen) atoms. The van der Waals surface area contributed by atoms with Gasteiger partial charge in [0, 0.05) is 11.1 Å². The summed E-state index contributed by atoms with van der Waals surface area (Å²) in [6, 6.07) is 11.4. The third kappa shape index (κ3) is 4.19. The van der Waals surface area contributed by atoms with E-state index in [9.17, 15) is 0 Å². The van der Waals surface area contributed by atoms with Crippen molar-refractivity contribution in [2.45, 2.75) is 19.4 Å². The van der Waals surface area contributed by atoms with Crippen molar-refractivity contribution >= 4 is 40.5 Å². The molecule has 0 heterocycles. The number of rotatable bonds is 5. The normalized spacial score (nSPS) is 12.0. The van der Waals surface area contributed by atoms with Crippen LogP contribution in [0.3, 0.4) is 0 Å². The van der Waals surface area contributed by atoms with Crippen molar-refractivity contribution in [1.29, 1.82) is 0 Å². The van der Waals surface area contributed by atoms with E-state index >= 15 is 0 Å². The third-order valence-corrected chi connectivity index (χ3v) is 3.93. The lowest BCUT2D eigenvalue weighted by molar-refractivity contribution is 0.409. The summed E-state index contributed by atoms with van der Waals surface area (Å²) in [4.78, 5) is 0. The summed E-state index contributed by atoms with van der Waals surface area (Å²) >= 11 is 18.3. The average molecular weight is 345 g/mol. The Balaban J connectivity index is 2.14. The van der Waals surface area contributed by atoms with Gasteiger partial charge in [-0.05, 0) is 37.1 Å². The lowest BCUT2D eigenvalue weighted by Crippen LogP contribution is -2.19. The Bertz CT molecular complexity index is 608. The fraction of sp³-hybridized carbons (Fsp3) is 0.250. The van der Waals surface area contributed by atoms with Gasteiger partial charge in [0.2, 0.25) is 0 Å². The van der Waals surface area contributed by atoms with Crippen LogP contribution in [0.2, 0.25) is 15.1 Å². The summed E-state index contributed by atoms with van der Waals surface area (Å²) in [5, 5.41) is 4.88. The summed E-state index contributed by atoms with van der Waals surface area (Å²) in [5.74, 6) is 0.874. The minimum Gasteiger partial charge on any atom is -0.496 e. The fourth-order valence-corrected chi connectivity index (χ4v) is 3.11. The molecule has 2 aromatic rings. The maximum Gasteiger partial charge on any atom is 0.122 e. The Hall–Kier alpha value is -1.09. The molecule has 112 valence electrons. The number of hydrogen-bond donors (Lipinski definition) is 1. The number of nitrogens with one attached hydrogen (secondary N) is 1. The van der Waals surface area contributed by atoms with Gasteiger partial charge in [-0.25, -0.2) is 0 Å². The number of para-hydroxylation sites is 1. The van der Waals surface area contributed by atoms with Crippen LogP contribution in [0.15, 0.2) is 36.4 Å². The molecule has 0 spiro atoms. The van der Waals surface area contributed by atoms with Crippen molar-refractivity contribution in [2.75, 3.05) is 12.4 Å². The van der Waals surface area contributed by atoms with Crippen LogP contribution in [0.25, 0.3) is 0 Å². The molecule has 0 fully saturated rings. The summed E-state index contributed by atoms with van der Waals surface area (Å²) in [6.45, 7) is 2.06. The summed E-state index contributed by atoms with van der Waals surface area (Å²) < 4.78 is 5.36. The highest BCUT2D eigenvalue weighted by Gasteiger charge is 2.12. The molecule has 2 rings (SSSR count). The molecular formula is C16H16Cl3NO. The molecule has 1 unspecified atom stereocenters. The van der Waals surface area contributed by atoms with Gasteiger partial charge in [0.1, 0.15) is 5.75 Å². The smallest absolute Gasteiger partial charge is 0.122 e.